The number of carboxylic acid groups (broad SMARTS) is 1. The summed E-state index contributed by atoms with van der Waals surface area (Å²) in [7, 11) is 2.64. The average molecular weight is 430 g/mol. The highest BCUT2D eigenvalue weighted by Crippen LogP contribution is 2.26. The number of carbonyl (C=O) groups excluding carboxylic acids is 2. The molecule has 2 aromatic carbocycles. The number of esters is 1. The third kappa shape index (κ3) is 7.31. The first-order valence-electron chi connectivity index (χ1n) is 9.57. The molecule has 0 aliphatic carbocycles. The molecular formula is C22H26N2O7. The lowest BCUT2D eigenvalue weighted by Gasteiger charge is -2.21. The molecule has 2 aromatic rings. The van der Waals surface area contributed by atoms with Gasteiger partial charge in [-0.2, -0.15) is 0 Å². The number of hydrogen-bond donors (Lipinski definition) is 4. The van der Waals surface area contributed by atoms with Gasteiger partial charge in [-0.15, -0.1) is 0 Å². The minimum absolute atomic E-state index is 0.0744. The van der Waals surface area contributed by atoms with Crippen molar-refractivity contribution in [1.29, 1.82) is 0 Å². The second-order valence-corrected chi connectivity index (χ2v) is 6.81. The Bertz CT molecular complexity index is 902. The van der Waals surface area contributed by atoms with Crippen LogP contribution in [0.2, 0.25) is 0 Å². The summed E-state index contributed by atoms with van der Waals surface area (Å²) in [6, 6.07) is 11.7. The van der Waals surface area contributed by atoms with Gasteiger partial charge in [0.25, 0.3) is 0 Å². The maximum atomic E-state index is 12.8. The monoisotopic (exact) mass is 430 g/mol. The number of aliphatic carboxylic acids is 1. The number of amides is 1. The Morgan fingerprint density at radius 2 is 1.71 bits per heavy atom. The van der Waals surface area contributed by atoms with Crippen molar-refractivity contribution in [2.45, 2.75) is 31.5 Å². The molecule has 0 aliphatic rings. The fourth-order valence-corrected chi connectivity index (χ4v) is 2.98. The third-order valence-electron chi connectivity index (χ3n) is 4.58. The molecule has 9 nitrogen and oxygen atoms in total. The van der Waals surface area contributed by atoms with E-state index in [1.165, 1.54) is 20.3 Å². The SMILES string of the molecule is COC(=O)C(Cc1ccccc1)NC(=O)C(CC(=O)O)NCc1ccc(OC)c(O)c1. The Morgan fingerprint density at radius 1 is 1.00 bits per heavy atom. The summed E-state index contributed by atoms with van der Waals surface area (Å²) < 4.78 is 9.77. The summed E-state index contributed by atoms with van der Waals surface area (Å²) in [5.41, 5.74) is 1.44. The molecule has 166 valence electrons. The van der Waals surface area contributed by atoms with Gasteiger partial charge in [-0.05, 0) is 23.3 Å². The van der Waals surface area contributed by atoms with Crippen LogP contribution in [0.15, 0.2) is 48.5 Å². The van der Waals surface area contributed by atoms with Crippen molar-refractivity contribution in [2.75, 3.05) is 14.2 Å². The quantitative estimate of drug-likeness (QED) is 0.391. The predicted octanol–water partition coefficient (Wildman–Crippen LogP) is 1.23. The van der Waals surface area contributed by atoms with E-state index in [1.807, 2.05) is 30.3 Å². The number of rotatable bonds is 11. The normalized spacial score (nSPS) is 12.5. The van der Waals surface area contributed by atoms with Crippen LogP contribution in [0.4, 0.5) is 0 Å². The van der Waals surface area contributed by atoms with E-state index in [4.69, 9.17) is 9.47 Å². The summed E-state index contributed by atoms with van der Waals surface area (Å²) >= 11 is 0. The highest BCUT2D eigenvalue weighted by molar-refractivity contribution is 5.90. The molecule has 4 N–H and O–H groups in total. The fraction of sp³-hybridized carbons (Fsp3) is 0.318. The highest BCUT2D eigenvalue weighted by Gasteiger charge is 2.27. The van der Waals surface area contributed by atoms with Gasteiger partial charge in [0.1, 0.15) is 6.04 Å². The summed E-state index contributed by atoms with van der Waals surface area (Å²) in [5.74, 6) is -2.24. The van der Waals surface area contributed by atoms with Crippen molar-refractivity contribution in [1.82, 2.24) is 10.6 Å². The smallest absolute Gasteiger partial charge is 0.328 e. The van der Waals surface area contributed by atoms with Crippen molar-refractivity contribution in [3.8, 4) is 11.5 Å². The largest absolute Gasteiger partial charge is 0.504 e. The van der Waals surface area contributed by atoms with E-state index < -0.39 is 36.4 Å². The molecule has 0 spiro atoms. The molecule has 31 heavy (non-hydrogen) atoms. The second kappa shape index (κ2) is 11.6. The first-order chi connectivity index (χ1) is 14.8. The van der Waals surface area contributed by atoms with Crippen LogP contribution in [-0.2, 0) is 32.1 Å². The molecule has 0 saturated carbocycles. The van der Waals surface area contributed by atoms with Crippen LogP contribution < -0.4 is 15.4 Å². The minimum Gasteiger partial charge on any atom is -0.504 e. The Hall–Kier alpha value is -3.59. The zero-order valence-electron chi connectivity index (χ0n) is 17.3. The maximum absolute atomic E-state index is 12.8. The first kappa shape index (κ1) is 23.7. The number of carboxylic acids is 1. The van der Waals surface area contributed by atoms with Gasteiger partial charge in [-0.1, -0.05) is 36.4 Å². The van der Waals surface area contributed by atoms with Gasteiger partial charge in [0.15, 0.2) is 11.5 Å². The average Bonchev–Trinajstić information content (AvgIpc) is 2.76. The van der Waals surface area contributed by atoms with Crippen LogP contribution >= 0.6 is 0 Å². The molecule has 2 atom stereocenters. The Morgan fingerprint density at radius 3 is 2.29 bits per heavy atom. The van der Waals surface area contributed by atoms with E-state index in [2.05, 4.69) is 10.6 Å². The minimum atomic E-state index is -1.18. The summed E-state index contributed by atoms with van der Waals surface area (Å²) in [4.78, 5) is 36.2. The zero-order valence-corrected chi connectivity index (χ0v) is 17.3. The number of benzene rings is 2. The molecule has 0 saturated heterocycles. The van der Waals surface area contributed by atoms with Crippen molar-refractivity contribution in [2.24, 2.45) is 0 Å². The summed E-state index contributed by atoms with van der Waals surface area (Å²) in [6.45, 7) is 0.116. The summed E-state index contributed by atoms with van der Waals surface area (Å²) in [6.07, 6.45) is -0.293. The number of phenols is 1. The Kier molecular flexibility index (Phi) is 8.83. The predicted molar refractivity (Wildman–Crippen MR) is 112 cm³/mol. The van der Waals surface area contributed by atoms with E-state index in [0.29, 0.717) is 11.3 Å². The van der Waals surface area contributed by atoms with E-state index >= 15 is 0 Å². The molecule has 0 aliphatic heterocycles. The molecule has 0 aromatic heterocycles. The van der Waals surface area contributed by atoms with E-state index in [9.17, 15) is 24.6 Å². The van der Waals surface area contributed by atoms with Crippen molar-refractivity contribution in [3.63, 3.8) is 0 Å². The fourth-order valence-electron chi connectivity index (χ4n) is 2.98. The number of nitrogens with one attached hydrogen (secondary N) is 2. The van der Waals surface area contributed by atoms with Gasteiger partial charge in [-0.3, -0.25) is 9.59 Å². The molecule has 9 heteroatoms. The number of hydrogen-bond acceptors (Lipinski definition) is 7. The van der Waals surface area contributed by atoms with Gasteiger partial charge < -0.3 is 30.3 Å². The molecule has 2 unspecified atom stereocenters. The molecule has 0 heterocycles. The highest BCUT2D eigenvalue weighted by atomic mass is 16.5. The standard InChI is InChI=1S/C22H26N2O7/c1-30-19-9-8-15(11-18(19)25)13-23-16(12-20(26)27)21(28)24-17(22(29)31-2)10-14-6-4-3-5-7-14/h3-9,11,16-17,23,25H,10,12-13H2,1-2H3,(H,24,28)(H,26,27). The number of aromatic hydroxyl groups is 1. The van der Waals surface area contributed by atoms with Crippen LogP contribution in [0.25, 0.3) is 0 Å². The molecule has 0 radical (unpaired) electrons. The lowest BCUT2D eigenvalue weighted by atomic mass is 10.0. The molecule has 1 amide bonds. The van der Waals surface area contributed by atoms with Crippen LogP contribution in [0.5, 0.6) is 11.5 Å². The lowest BCUT2D eigenvalue weighted by molar-refractivity contribution is -0.145. The molecule has 2 rings (SSSR count). The number of carbonyl (C=O) groups is 3. The van der Waals surface area contributed by atoms with Crippen LogP contribution in [0.3, 0.4) is 0 Å². The number of ether oxygens (including phenoxy) is 2. The van der Waals surface area contributed by atoms with Gasteiger partial charge in [0, 0.05) is 13.0 Å². The Labute approximate surface area is 180 Å². The van der Waals surface area contributed by atoms with Crippen molar-refractivity contribution in [3.05, 3.63) is 59.7 Å². The van der Waals surface area contributed by atoms with Crippen molar-refractivity contribution < 1.29 is 34.1 Å². The van der Waals surface area contributed by atoms with Crippen LogP contribution in [0, 0.1) is 0 Å². The third-order valence-corrected chi connectivity index (χ3v) is 4.58. The first-order valence-corrected chi connectivity index (χ1v) is 9.57. The molecule has 0 bridgehead atoms. The van der Waals surface area contributed by atoms with Crippen LogP contribution in [0.1, 0.15) is 17.5 Å². The molecular weight excluding hydrogens is 404 g/mol. The van der Waals surface area contributed by atoms with Gasteiger partial charge in [0.2, 0.25) is 5.91 Å². The topological polar surface area (TPSA) is 134 Å². The molecule has 0 fully saturated rings. The van der Waals surface area contributed by atoms with Gasteiger partial charge in [-0.25, -0.2) is 4.79 Å². The number of phenolic OH excluding ortho intramolecular Hbond substituents is 1. The van der Waals surface area contributed by atoms with E-state index in [-0.39, 0.29) is 18.7 Å². The summed E-state index contributed by atoms with van der Waals surface area (Å²) in [5, 5.41) is 24.5. The second-order valence-electron chi connectivity index (χ2n) is 6.81. The zero-order chi connectivity index (χ0) is 22.8. The number of methoxy groups -OCH3 is 2. The van der Waals surface area contributed by atoms with Crippen LogP contribution in [-0.4, -0.2) is 54.4 Å². The Balaban J connectivity index is 2.09. The van der Waals surface area contributed by atoms with Gasteiger partial charge in [0.05, 0.1) is 26.7 Å². The van der Waals surface area contributed by atoms with Crippen molar-refractivity contribution >= 4 is 17.8 Å². The maximum Gasteiger partial charge on any atom is 0.328 e. The van der Waals surface area contributed by atoms with E-state index in [1.54, 1.807) is 12.1 Å². The van der Waals surface area contributed by atoms with Gasteiger partial charge >= 0.3 is 11.9 Å². The van der Waals surface area contributed by atoms with E-state index in [0.717, 1.165) is 5.56 Å². The lowest BCUT2D eigenvalue weighted by Crippen LogP contribution is -2.51.